The number of hydrogen-bond donors (Lipinski definition) is 1. The molecule has 1 aromatic heterocycles. The van der Waals surface area contributed by atoms with Crippen molar-refractivity contribution in [3.8, 4) is 0 Å². The second-order valence-corrected chi connectivity index (χ2v) is 4.76. The van der Waals surface area contributed by atoms with Crippen LogP contribution < -0.4 is 5.32 Å². The second kappa shape index (κ2) is 6.33. The van der Waals surface area contributed by atoms with Crippen molar-refractivity contribution in [2.45, 2.75) is 6.42 Å². The Morgan fingerprint density at radius 2 is 1.94 bits per heavy atom. The average molecular weight is 245 g/mol. The van der Waals surface area contributed by atoms with Gasteiger partial charge < -0.3 is 5.32 Å². The summed E-state index contributed by atoms with van der Waals surface area (Å²) in [5, 5.41) is 5.11. The lowest BCUT2D eigenvalue weighted by Gasteiger charge is -2.03. The molecule has 0 aliphatic heterocycles. The van der Waals surface area contributed by atoms with E-state index in [0.29, 0.717) is 6.54 Å². The van der Waals surface area contributed by atoms with E-state index < -0.39 is 0 Å². The minimum absolute atomic E-state index is 0.174. The van der Waals surface area contributed by atoms with Crippen LogP contribution in [0.3, 0.4) is 0 Å². The molecule has 1 heterocycles. The van der Waals surface area contributed by atoms with E-state index in [-0.39, 0.29) is 5.78 Å². The summed E-state index contributed by atoms with van der Waals surface area (Å²) in [7, 11) is 0. The Balaban J connectivity index is 1.69. The molecule has 0 unspecified atom stereocenters. The van der Waals surface area contributed by atoms with Crippen LogP contribution in [0.2, 0.25) is 0 Å². The molecule has 2 nitrogen and oxygen atoms in total. The number of carbonyl (C=O) groups excluding carboxylic acids is 1. The number of Topliss-reactive ketones (excluding diaryl/α,β-unsaturated/α-hetero) is 1. The largest absolute Gasteiger partial charge is 0.309 e. The minimum atomic E-state index is 0.174. The predicted octanol–water partition coefficient (Wildman–Crippen LogP) is 2.76. The smallest absolute Gasteiger partial charge is 0.186 e. The van der Waals surface area contributed by atoms with Gasteiger partial charge in [-0.1, -0.05) is 36.4 Å². The second-order valence-electron chi connectivity index (χ2n) is 3.81. The first-order chi connectivity index (χ1) is 8.36. The number of benzene rings is 1. The third kappa shape index (κ3) is 3.80. The van der Waals surface area contributed by atoms with Crippen molar-refractivity contribution < 1.29 is 4.79 Å². The molecular formula is C14H15NOS. The van der Waals surface area contributed by atoms with Crippen molar-refractivity contribution in [1.82, 2.24) is 5.32 Å². The fraction of sp³-hybridized carbons (Fsp3) is 0.214. The highest BCUT2D eigenvalue weighted by Gasteiger charge is 2.05. The monoisotopic (exact) mass is 245 g/mol. The van der Waals surface area contributed by atoms with Crippen LogP contribution in [0.1, 0.15) is 15.2 Å². The number of hydrogen-bond acceptors (Lipinski definition) is 3. The molecule has 1 N–H and O–H groups in total. The van der Waals surface area contributed by atoms with Gasteiger partial charge in [0.2, 0.25) is 0 Å². The molecule has 0 aliphatic rings. The summed E-state index contributed by atoms with van der Waals surface area (Å²) in [6, 6.07) is 14.1. The van der Waals surface area contributed by atoms with Gasteiger partial charge in [-0.25, -0.2) is 0 Å². The van der Waals surface area contributed by atoms with Crippen LogP contribution in [0.4, 0.5) is 0 Å². The summed E-state index contributed by atoms with van der Waals surface area (Å²) in [4.78, 5) is 12.5. The molecule has 0 aliphatic carbocycles. The van der Waals surface area contributed by atoms with Gasteiger partial charge >= 0.3 is 0 Å². The van der Waals surface area contributed by atoms with Crippen molar-refractivity contribution in [3.05, 3.63) is 58.3 Å². The molecule has 0 atom stereocenters. The number of carbonyl (C=O) groups is 1. The van der Waals surface area contributed by atoms with E-state index in [2.05, 4.69) is 17.4 Å². The molecule has 0 saturated carbocycles. The van der Waals surface area contributed by atoms with E-state index in [1.165, 1.54) is 16.9 Å². The van der Waals surface area contributed by atoms with Gasteiger partial charge in [-0.2, -0.15) is 0 Å². The zero-order valence-corrected chi connectivity index (χ0v) is 10.4. The van der Waals surface area contributed by atoms with Crippen LogP contribution in [0.5, 0.6) is 0 Å². The Morgan fingerprint density at radius 1 is 1.12 bits per heavy atom. The first-order valence-electron chi connectivity index (χ1n) is 5.67. The molecule has 2 rings (SSSR count). The SMILES string of the molecule is O=C(CNCCc1ccccc1)c1cccs1. The van der Waals surface area contributed by atoms with Gasteiger partial charge in [0.1, 0.15) is 0 Å². The molecule has 0 spiro atoms. The normalized spacial score (nSPS) is 10.4. The average Bonchev–Trinajstić information content (AvgIpc) is 2.89. The fourth-order valence-corrected chi connectivity index (χ4v) is 2.27. The Morgan fingerprint density at radius 3 is 2.65 bits per heavy atom. The highest BCUT2D eigenvalue weighted by atomic mass is 32.1. The van der Waals surface area contributed by atoms with Crippen LogP contribution in [0.15, 0.2) is 47.8 Å². The van der Waals surface area contributed by atoms with Gasteiger partial charge in [-0.3, -0.25) is 4.79 Å². The van der Waals surface area contributed by atoms with Crippen LogP contribution >= 0.6 is 11.3 Å². The van der Waals surface area contributed by atoms with Gasteiger partial charge in [0.05, 0.1) is 11.4 Å². The fourth-order valence-electron chi connectivity index (χ4n) is 1.60. The Hall–Kier alpha value is -1.45. The van der Waals surface area contributed by atoms with E-state index in [1.54, 1.807) is 0 Å². The number of rotatable bonds is 6. The number of nitrogens with one attached hydrogen (secondary N) is 1. The Kier molecular flexibility index (Phi) is 4.47. The highest BCUT2D eigenvalue weighted by Crippen LogP contribution is 2.08. The summed E-state index contributed by atoms with van der Waals surface area (Å²) < 4.78 is 0. The van der Waals surface area contributed by atoms with Crippen LogP contribution in [-0.2, 0) is 6.42 Å². The van der Waals surface area contributed by atoms with Crippen LogP contribution in [0, 0.1) is 0 Å². The standard InChI is InChI=1S/C14H15NOS/c16-13(14-7-4-10-17-14)11-15-9-8-12-5-2-1-3-6-12/h1-7,10,15H,8-9,11H2. The third-order valence-electron chi connectivity index (χ3n) is 2.51. The first-order valence-corrected chi connectivity index (χ1v) is 6.55. The lowest BCUT2D eigenvalue weighted by atomic mass is 10.1. The summed E-state index contributed by atoms with van der Waals surface area (Å²) >= 11 is 1.50. The molecule has 0 saturated heterocycles. The van der Waals surface area contributed by atoms with E-state index in [0.717, 1.165) is 17.8 Å². The molecule has 88 valence electrons. The van der Waals surface area contributed by atoms with Crippen molar-refractivity contribution in [3.63, 3.8) is 0 Å². The van der Waals surface area contributed by atoms with Crippen molar-refractivity contribution in [2.24, 2.45) is 0 Å². The predicted molar refractivity (Wildman–Crippen MR) is 71.7 cm³/mol. The molecule has 0 fully saturated rings. The zero-order valence-electron chi connectivity index (χ0n) is 9.56. The van der Waals surface area contributed by atoms with Gasteiger partial charge in [-0.05, 0) is 30.0 Å². The lowest BCUT2D eigenvalue weighted by molar-refractivity contribution is 0.0995. The maximum Gasteiger partial charge on any atom is 0.186 e. The molecule has 0 bridgehead atoms. The van der Waals surface area contributed by atoms with Crippen molar-refractivity contribution in [2.75, 3.05) is 13.1 Å². The van der Waals surface area contributed by atoms with Crippen LogP contribution in [0.25, 0.3) is 0 Å². The van der Waals surface area contributed by atoms with Gasteiger partial charge in [0.15, 0.2) is 5.78 Å². The lowest BCUT2D eigenvalue weighted by Crippen LogP contribution is -2.24. The van der Waals surface area contributed by atoms with Crippen molar-refractivity contribution >= 4 is 17.1 Å². The molecule has 0 amide bonds. The maximum atomic E-state index is 11.7. The maximum absolute atomic E-state index is 11.7. The van der Waals surface area contributed by atoms with E-state index in [9.17, 15) is 4.79 Å². The zero-order chi connectivity index (χ0) is 11.9. The van der Waals surface area contributed by atoms with Gasteiger partial charge in [0.25, 0.3) is 0 Å². The topological polar surface area (TPSA) is 29.1 Å². The molecule has 2 aromatic rings. The quantitative estimate of drug-likeness (QED) is 0.626. The summed E-state index contributed by atoms with van der Waals surface area (Å²) in [5.74, 6) is 0.174. The molecule has 17 heavy (non-hydrogen) atoms. The van der Waals surface area contributed by atoms with Crippen LogP contribution in [-0.4, -0.2) is 18.9 Å². The number of thiophene rings is 1. The minimum Gasteiger partial charge on any atom is -0.309 e. The Labute approximate surface area is 105 Å². The summed E-state index contributed by atoms with van der Waals surface area (Å²) in [6.45, 7) is 1.26. The summed E-state index contributed by atoms with van der Waals surface area (Å²) in [6.07, 6.45) is 0.957. The third-order valence-corrected chi connectivity index (χ3v) is 3.43. The van der Waals surface area contributed by atoms with Gasteiger partial charge in [0, 0.05) is 0 Å². The van der Waals surface area contributed by atoms with Gasteiger partial charge in [-0.15, -0.1) is 11.3 Å². The van der Waals surface area contributed by atoms with E-state index in [4.69, 9.17) is 0 Å². The first kappa shape index (κ1) is 12.0. The molecule has 1 aromatic carbocycles. The summed E-state index contributed by atoms with van der Waals surface area (Å²) in [5.41, 5.74) is 1.29. The van der Waals surface area contributed by atoms with E-state index >= 15 is 0 Å². The molecule has 0 radical (unpaired) electrons. The Bertz CT molecular complexity index is 450. The van der Waals surface area contributed by atoms with E-state index in [1.807, 2.05) is 35.7 Å². The highest BCUT2D eigenvalue weighted by molar-refractivity contribution is 7.12. The van der Waals surface area contributed by atoms with Crippen molar-refractivity contribution in [1.29, 1.82) is 0 Å². The number of ketones is 1. The molecular weight excluding hydrogens is 230 g/mol. The molecule has 3 heteroatoms.